The third kappa shape index (κ3) is 6.15. The molecule has 10 heteroatoms. The summed E-state index contributed by atoms with van der Waals surface area (Å²) in [6.07, 6.45) is 7.41. The molecule has 3 amide bonds. The van der Waals surface area contributed by atoms with Crippen molar-refractivity contribution in [3.63, 3.8) is 0 Å². The van der Waals surface area contributed by atoms with E-state index < -0.39 is 41.3 Å². The minimum absolute atomic E-state index is 0.0484. The summed E-state index contributed by atoms with van der Waals surface area (Å²) in [5.74, 6) is 4.45. The molecule has 3 rings (SSSR count). The van der Waals surface area contributed by atoms with E-state index in [1.165, 1.54) is 11.8 Å². The van der Waals surface area contributed by atoms with E-state index in [0.29, 0.717) is 12.8 Å². The fourth-order valence-corrected chi connectivity index (χ4v) is 4.80. The molecule has 1 saturated carbocycles. The van der Waals surface area contributed by atoms with Crippen LogP contribution in [0.5, 0.6) is 0 Å². The number of nitrogens with zero attached hydrogens (tertiary/aromatic N) is 1. The minimum atomic E-state index is -0.932. The van der Waals surface area contributed by atoms with E-state index in [-0.39, 0.29) is 30.6 Å². The number of rotatable bonds is 3. The molecule has 0 aromatic carbocycles. The predicted molar refractivity (Wildman–Crippen MR) is 124 cm³/mol. The highest BCUT2D eigenvalue weighted by Gasteiger charge is 2.59. The summed E-state index contributed by atoms with van der Waals surface area (Å²) in [7, 11) is 0. The van der Waals surface area contributed by atoms with Gasteiger partial charge in [-0.25, -0.2) is 10.7 Å². The fourth-order valence-electron chi connectivity index (χ4n) is 4.80. The maximum Gasteiger partial charge on any atom is 0.408 e. The summed E-state index contributed by atoms with van der Waals surface area (Å²) in [6.45, 7) is 6.85. The number of hydrogen-bond donors (Lipinski definition) is 3. The van der Waals surface area contributed by atoms with Crippen LogP contribution in [0.25, 0.3) is 0 Å². The zero-order valence-electron chi connectivity index (χ0n) is 20.6. The van der Waals surface area contributed by atoms with Crippen molar-refractivity contribution in [3.8, 4) is 0 Å². The van der Waals surface area contributed by atoms with Crippen LogP contribution in [0.2, 0.25) is 0 Å². The Hall–Kier alpha value is -2.46. The molecule has 0 unspecified atom stereocenters. The highest BCUT2D eigenvalue weighted by atomic mass is 16.6. The highest BCUT2D eigenvalue weighted by Crippen LogP contribution is 2.46. The predicted octanol–water partition coefficient (Wildman–Crippen LogP) is 1.72. The van der Waals surface area contributed by atoms with Gasteiger partial charge in [-0.2, -0.15) is 0 Å². The number of ether oxygens (including phenoxy) is 1. The zero-order valence-corrected chi connectivity index (χ0v) is 20.6. The summed E-state index contributed by atoms with van der Waals surface area (Å²) in [5.41, 5.74) is -1.64. The van der Waals surface area contributed by atoms with Crippen molar-refractivity contribution < 1.29 is 28.8 Å². The molecular weight excluding hydrogens is 440 g/mol. The quantitative estimate of drug-likeness (QED) is 0.414. The first-order chi connectivity index (χ1) is 16.0. The topological polar surface area (TPSA) is 140 Å². The van der Waals surface area contributed by atoms with Gasteiger partial charge in [0.25, 0.3) is 0 Å². The van der Waals surface area contributed by atoms with Gasteiger partial charge in [0.2, 0.25) is 11.8 Å². The van der Waals surface area contributed by atoms with Crippen LogP contribution in [0.1, 0.15) is 72.6 Å². The molecule has 0 radical (unpaired) electrons. The summed E-state index contributed by atoms with van der Waals surface area (Å²) in [5, 5.41) is 5.61. The normalized spacial score (nSPS) is 33.5. The molecule has 34 heavy (non-hydrogen) atoms. The Bertz CT molecular complexity index is 838. The second kappa shape index (κ2) is 10.4. The molecule has 1 aliphatic carbocycles. The van der Waals surface area contributed by atoms with Gasteiger partial charge in [-0.1, -0.05) is 25.0 Å². The molecule has 0 aromatic heterocycles. The van der Waals surface area contributed by atoms with E-state index in [1.54, 1.807) is 20.8 Å². The number of hydrogen-bond acceptors (Lipinski definition) is 7. The molecule has 5 atom stereocenters. The fraction of sp³-hybridized carbons (Fsp3) is 0.750. The monoisotopic (exact) mass is 478 g/mol. The molecule has 2 fully saturated rings. The maximum atomic E-state index is 13.6. The number of fused-ring (bicyclic) bond motifs is 2. The Balaban J connectivity index is 1.85. The lowest BCUT2D eigenvalue weighted by molar-refractivity contribution is -0.141. The number of nitrogens with one attached hydrogen (secondary N) is 2. The summed E-state index contributed by atoms with van der Waals surface area (Å²) in [6, 6.07) is -1.70. The Morgan fingerprint density at radius 3 is 2.62 bits per heavy atom. The smallest absolute Gasteiger partial charge is 0.408 e. The lowest BCUT2D eigenvalue weighted by Crippen LogP contribution is -2.56. The Labute approximate surface area is 200 Å². The van der Waals surface area contributed by atoms with E-state index in [1.807, 2.05) is 6.08 Å². The van der Waals surface area contributed by atoms with Gasteiger partial charge in [0.15, 0.2) is 5.78 Å². The average Bonchev–Trinajstić information content (AvgIpc) is 3.26. The largest absolute Gasteiger partial charge is 0.444 e. The number of allylic oxidation sites excluding steroid dienone is 1. The zero-order chi connectivity index (χ0) is 25.1. The number of Topliss-reactive ketones (excluding diaryl/α,β-unsaturated/α-hetero) is 1. The third-order valence-corrected chi connectivity index (χ3v) is 6.75. The van der Waals surface area contributed by atoms with Crippen molar-refractivity contribution >= 4 is 23.7 Å². The minimum Gasteiger partial charge on any atom is -0.444 e. The molecule has 10 nitrogen and oxygen atoms in total. The summed E-state index contributed by atoms with van der Waals surface area (Å²) < 4.78 is 5.36. The number of carbonyl (C=O) groups is 4. The van der Waals surface area contributed by atoms with Gasteiger partial charge < -0.3 is 20.3 Å². The number of nitrogens with two attached hydrogens (primary N) is 1. The standard InChI is InChI=1S/C24H38N4O6/c1-15(29)24-13-16(24)10-8-6-5-7-9-11-18(26-22(32)33-23(2,3)4)21(31)28-14-17(34-25)12-19(28)20(30)27-24/h8,10,16-19H,5-7,9,11-14,25H2,1-4H3,(H,26,32)(H,27,30)/b10-8-/t16-,17-,18+,19+,24+/m1/s1. The number of ketones is 1. The number of alkyl carbamates (subject to hydrolysis) is 1. The molecule has 0 spiro atoms. The van der Waals surface area contributed by atoms with Crippen LogP contribution in [-0.4, -0.2) is 64.5 Å². The molecule has 3 aliphatic rings. The number of carbonyl (C=O) groups excluding carboxylic acids is 4. The molecule has 2 heterocycles. The molecular formula is C24H38N4O6. The van der Waals surface area contributed by atoms with Crippen molar-refractivity contribution in [2.45, 2.75) is 102 Å². The van der Waals surface area contributed by atoms with Crippen LogP contribution in [0.3, 0.4) is 0 Å². The lowest BCUT2D eigenvalue weighted by Gasteiger charge is -2.30. The third-order valence-electron chi connectivity index (χ3n) is 6.75. The molecule has 0 aromatic rings. The van der Waals surface area contributed by atoms with Crippen molar-refractivity contribution in [2.75, 3.05) is 6.54 Å². The summed E-state index contributed by atoms with van der Waals surface area (Å²) >= 11 is 0. The van der Waals surface area contributed by atoms with E-state index >= 15 is 0 Å². The van der Waals surface area contributed by atoms with Gasteiger partial charge >= 0.3 is 6.09 Å². The second-order valence-electron chi connectivity index (χ2n) is 10.6. The first-order valence-electron chi connectivity index (χ1n) is 12.1. The average molecular weight is 479 g/mol. The van der Waals surface area contributed by atoms with E-state index in [0.717, 1.165) is 25.7 Å². The Morgan fingerprint density at radius 1 is 1.24 bits per heavy atom. The summed E-state index contributed by atoms with van der Waals surface area (Å²) in [4.78, 5) is 58.2. The highest BCUT2D eigenvalue weighted by molar-refractivity contribution is 5.98. The Morgan fingerprint density at radius 2 is 1.97 bits per heavy atom. The van der Waals surface area contributed by atoms with Crippen molar-refractivity contribution in [2.24, 2.45) is 11.8 Å². The molecule has 190 valence electrons. The Kier molecular flexibility index (Phi) is 8.02. The van der Waals surface area contributed by atoms with Gasteiger partial charge in [-0.3, -0.25) is 19.2 Å². The lowest BCUT2D eigenvalue weighted by atomic mass is 10.0. The van der Waals surface area contributed by atoms with Gasteiger partial charge in [-0.05, 0) is 53.4 Å². The van der Waals surface area contributed by atoms with Gasteiger partial charge in [-0.15, -0.1) is 0 Å². The van der Waals surface area contributed by atoms with Crippen molar-refractivity contribution in [1.29, 1.82) is 0 Å². The van der Waals surface area contributed by atoms with E-state index in [4.69, 9.17) is 15.5 Å². The van der Waals surface area contributed by atoms with Crippen molar-refractivity contribution in [1.82, 2.24) is 15.5 Å². The number of amides is 3. The van der Waals surface area contributed by atoms with Crippen LogP contribution < -0.4 is 16.5 Å². The van der Waals surface area contributed by atoms with Gasteiger partial charge in [0.1, 0.15) is 23.2 Å². The molecule has 4 N–H and O–H groups in total. The first kappa shape index (κ1) is 26.2. The molecule has 1 saturated heterocycles. The van der Waals surface area contributed by atoms with Crippen LogP contribution in [0.4, 0.5) is 4.79 Å². The van der Waals surface area contributed by atoms with Crippen LogP contribution >= 0.6 is 0 Å². The first-order valence-corrected chi connectivity index (χ1v) is 12.1. The van der Waals surface area contributed by atoms with Crippen molar-refractivity contribution in [3.05, 3.63) is 12.2 Å². The van der Waals surface area contributed by atoms with Crippen LogP contribution in [-0.2, 0) is 24.0 Å². The van der Waals surface area contributed by atoms with Gasteiger partial charge in [0, 0.05) is 18.9 Å². The van der Waals surface area contributed by atoms with Gasteiger partial charge in [0.05, 0.1) is 6.10 Å². The SMILES string of the molecule is CC(=O)[C@@]12C[C@H]1/C=C\CCCCC[C@H](NC(=O)OC(C)(C)C)C(=O)N1C[C@H](ON)C[C@H]1C(=O)N2. The second-order valence-corrected chi connectivity index (χ2v) is 10.6. The molecule has 0 bridgehead atoms. The van der Waals surface area contributed by atoms with E-state index in [2.05, 4.69) is 16.7 Å². The maximum absolute atomic E-state index is 13.6. The molecule has 2 aliphatic heterocycles. The van der Waals surface area contributed by atoms with E-state index in [9.17, 15) is 19.2 Å². The van der Waals surface area contributed by atoms with Crippen LogP contribution in [0.15, 0.2) is 12.2 Å². The van der Waals surface area contributed by atoms with Crippen LogP contribution in [0, 0.1) is 5.92 Å².